The lowest BCUT2D eigenvalue weighted by Crippen LogP contribution is -2.36. The topological polar surface area (TPSA) is 83.8 Å². The van der Waals surface area contributed by atoms with Crippen LogP contribution in [0.25, 0.3) is 0 Å². The molecule has 6 heteroatoms. The second-order valence-electron chi connectivity index (χ2n) is 3.85. The number of aromatic nitrogens is 2. The van der Waals surface area contributed by atoms with Crippen molar-refractivity contribution < 1.29 is 4.79 Å². The average molecular weight is 256 g/mol. The van der Waals surface area contributed by atoms with Crippen LogP contribution < -0.4 is 11.1 Å². The average Bonchev–Trinajstić information content (AvgIpc) is 2.69. The maximum atomic E-state index is 12.0. The van der Waals surface area contributed by atoms with E-state index in [9.17, 15) is 4.79 Å². The van der Waals surface area contributed by atoms with E-state index in [4.69, 9.17) is 5.73 Å². The van der Waals surface area contributed by atoms with E-state index in [1.54, 1.807) is 11.8 Å². The first-order chi connectivity index (χ1) is 8.13. The van der Waals surface area contributed by atoms with E-state index in [1.807, 2.05) is 20.1 Å². The van der Waals surface area contributed by atoms with E-state index in [-0.39, 0.29) is 11.9 Å². The van der Waals surface area contributed by atoms with Crippen LogP contribution in [0.15, 0.2) is 0 Å². The van der Waals surface area contributed by atoms with Crippen molar-refractivity contribution in [3.05, 3.63) is 11.4 Å². The number of anilines is 1. The Bertz CT molecular complexity index is 378. The third-order valence-corrected chi connectivity index (χ3v) is 3.38. The van der Waals surface area contributed by atoms with Crippen molar-refractivity contribution in [1.29, 1.82) is 0 Å². The predicted octanol–water partition coefficient (Wildman–Crippen LogP) is 1.43. The van der Waals surface area contributed by atoms with Gasteiger partial charge in [0.15, 0.2) is 5.69 Å². The first-order valence-electron chi connectivity index (χ1n) is 5.76. The number of nitrogens with one attached hydrogen (secondary N) is 2. The van der Waals surface area contributed by atoms with Gasteiger partial charge in [0.25, 0.3) is 5.91 Å². The summed E-state index contributed by atoms with van der Waals surface area (Å²) in [4.78, 5) is 12.0. The summed E-state index contributed by atoms with van der Waals surface area (Å²) in [5, 5.41) is 9.69. The molecule has 1 unspecified atom stereocenters. The van der Waals surface area contributed by atoms with Crippen LogP contribution in [0.1, 0.15) is 36.5 Å². The lowest BCUT2D eigenvalue weighted by molar-refractivity contribution is 0.0936. The number of amides is 1. The molecule has 1 rings (SSSR count). The summed E-state index contributed by atoms with van der Waals surface area (Å²) < 4.78 is 0. The van der Waals surface area contributed by atoms with Crippen LogP contribution in [0.2, 0.25) is 0 Å². The van der Waals surface area contributed by atoms with E-state index in [0.717, 1.165) is 24.3 Å². The highest BCUT2D eigenvalue weighted by molar-refractivity contribution is 7.98. The third-order valence-electron chi connectivity index (χ3n) is 2.65. The van der Waals surface area contributed by atoms with Crippen LogP contribution in [-0.4, -0.2) is 34.2 Å². The number of carbonyl (C=O) groups is 1. The van der Waals surface area contributed by atoms with Crippen molar-refractivity contribution in [2.75, 3.05) is 17.7 Å². The number of nitrogen functional groups attached to an aromatic ring is 1. The maximum absolute atomic E-state index is 12.0. The summed E-state index contributed by atoms with van der Waals surface area (Å²) in [6, 6.07) is 0.165. The normalized spacial score (nSPS) is 12.4. The van der Waals surface area contributed by atoms with Gasteiger partial charge in [0.05, 0.1) is 11.4 Å². The zero-order valence-electron chi connectivity index (χ0n) is 10.5. The smallest absolute Gasteiger partial charge is 0.274 e. The number of hydrogen-bond acceptors (Lipinski definition) is 4. The summed E-state index contributed by atoms with van der Waals surface area (Å²) in [5.74, 6) is 0.701. The summed E-state index contributed by atoms with van der Waals surface area (Å²) in [6.07, 6.45) is 3.67. The number of aromatic amines is 1. The Kier molecular flexibility index (Phi) is 5.34. The quantitative estimate of drug-likeness (QED) is 0.719. The van der Waals surface area contributed by atoms with Crippen LogP contribution >= 0.6 is 11.8 Å². The molecule has 1 aromatic rings. The van der Waals surface area contributed by atoms with Crippen LogP contribution in [0, 0.1) is 0 Å². The van der Waals surface area contributed by atoms with Gasteiger partial charge in [-0.25, -0.2) is 0 Å². The van der Waals surface area contributed by atoms with Gasteiger partial charge in [0, 0.05) is 11.8 Å². The fourth-order valence-electron chi connectivity index (χ4n) is 1.55. The number of rotatable bonds is 6. The van der Waals surface area contributed by atoms with E-state index in [0.29, 0.717) is 11.4 Å². The molecule has 0 radical (unpaired) electrons. The highest BCUT2D eigenvalue weighted by Crippen LogP contribution is 2.14. The van der Waals surface area contributed by atoms with Gasteiger partial charge in [-0.15, -0.1) is 0 Å². The van der Waals surface area contributed by atoms with Crippen LogP contribution in [0.3, 0.4) is 0 Å². The molecule has 96 valence electrons. The Balaban J connectivity index is 2.72. The molecule has 0 saturated heterocycles. The standard InChI is InChI=1S/C11H20N4OS/c1-4-7(6-17-3)13-11(16)10-9(12)8(5-2)14-15-10/h7H,4-6,12H2,1-3H3,(H,13,16)(H,14,15). The molecule has 0 aliphatic carbocycles. The molecule has 0 spiro atoms. The molecule has 17 heavy (non-hydrogen) atoms. The number of thioether (sulfide) groups is 1. The Morgan fingerprint density at radius 3 is 2.76 bits per heavy atom. The summed E-state index contributed by atoms with van der Waals surface area (Å²) in [5.41, 5.74) is 7.43. The van der Waals surface area contributed by atoms with Gasteiger partial charge >= 0.3 is 0 Å². The van der Waals surface area contributed by atoms with Crippen LogP contribution in [0.5, 0.6) is 0 Å². The molecule has 5 nitrogen and oxygen atoms in total. The molecular weight excluding hydrogens is 236 g/mol. The maximum Gasteiger partial charge on any atom is 0.274 e. The molecule has 1 aromatic heterocycles. The molecule has 1 atom stereocenters. The van der Waals surface area contributed by atoms with Gasteiger partial charge < -0.3 is 11.1 Å². The van der Waals surface area contributed by atoms with Crippen molar-refractivity contribution in [3.8, 4) is 0 Å². The minimum absolute atomic E-state index is 0.165. The molecule has 1 heterocycles. The van der Waals surface area contributed by atoms with Gasteiger partial charge in [0.1, 0.15) is 0 Å². The molecule has 0 saturated carbocycles. The SMILES string of the molecule is CCc1[nH]nc(C(=O)NC(CC)CSC)c1N. The fraction of sp³-hybridized carbons (Fsp3) is 0.636. The third kappa shape index (κ3) is 3.39. The number of aryl methyl sites for hydroxylation is 1. The lowest BCUT2D eigenvalue weighted by Gasteiger charge is -2.14. The molecule has 0 aliphatic heterocycles. The summed E-state index contributed by atoms with van der Waals surface area (Å²) >= 11 is 1.71. The number of nitrogens with zero attached hydrogens (tertiary/aromatic N) is 1. The summed E-state index contributed by atoms with van der Waals surface area (Å²) in [7, 11) is 0. The monoisotopic (exact) mass is 256 g/mol. The predicted molar refractivity (Wildman–Crippen MR) is 72.3 cm³/mol. The molecular formula is C11H20N4OS. The Morgan fingerprint density at radius 2 is 2.29 bits per heavy atom. The van der Waals surface area contributed by atoms with E-state index < -0.39 is 0 Å². The fourth-order valence-corrected chi connectivity index (χ4v) is 2.27. The molecule has 0 fully saturated rings. The lowest BCUT2D eigenvalue weighted by atomic mass is 10.2. The zero-order chi connectivity index (χ0) is 12.8. The van der Waals surface area contributed by atoms with Gasteiger partial charge in [-0.2, -0.15) is 16.9 Å². The van der Waals surface area contributed by atoms with Crippen LogP contribution in [-0.2, 0) is 6.42 Å². The Labute approximate surface area is 106 Å². The van der Waals surface area contributed by atoms with Crippen LogP contribution in [0.4, 0.5) is 5.69 Å². The van der Waals surface area contributed by atoms with E-state index >= 15 is 0 Å². The van der Waals surface area contributed by atoms with Crippen molar-refractivity contribution in [3.63, 3.8) is 0 Å². The number of H-pyrrole nitrogens is 1. The minimum Gasteiger partial charge on any atom is -0.395 e. The van der Waals surface area contributed by atoms with E-state index in [2.05, 4.69) is 15.5 Å². The van der Waals surface area contributed by atoms with Crippen molar-refractivity contribution >= 4 is 23.4 Å². The second-order valence-corrected chi connectivity index (χ2v) is 4.76. The number of nitrogens with two attached hydrogens (primary N) is 1. The number of carbonyl (C=O) groups excluding carboxylic acids is 1. The second kappa shape index (κ2) is 6.54. The van der Waals surface area contributed by atoms with Crippen molar-refractivity contribution in [2.24, 2.45) is 0 Å². The highest BCUT2D eigenvalue weighted by atomic mass is 32.2. The highest BCUT2D eigenvalue weighted by Gasteiger charge is 2.18. The van der Waals surface area contributed by atoms with Gasteiger partial charge in [-0.1, -0.05) is 13.8 Å². The Hall–Kier alpha value is -1.17. The molecule has 0 aliphatic rings. The first-order valence-corrected chi connectivity index (χ1v) is 7.15. The largest absolute Gasteiger partial charge is 0.395 e. The first kappa shape index (κ1) is 13.9. The molecule has 0 aromatic carbocycles. The van der Waals surface area contributed by atoms with Crippen molar-refractivity contribution in [1.82, 2.24) is 15.5 Å². The van der Waals surface area contributed by atoms with Crippen molar-refractivity contribution in [2.45, 2.75) is 32.7 Å². The van der Waals surface area contributed by atoms with Gasteiger partial charge in [-0.3, -0.25) is 9.89 Å². The van der Waals surface area contributed by atoms with E-state index in [1.165, 1.54) is 0 Å². The summed E-state index contributed by atoms with van der Waals surface area (Å²) in [6.45, 7) is 4.01. The van der Waals surface area contributed by atoms with Gasteiger partial charge in [0.2, 0.25) is 0 Å². The number of hydrogen-bond donors (Lipinski definition) is 3. The Morgan fingerprint density at radius 1 is 1.59 bits per heavy atom. The molecule has 0 bridgehead atoms. The van der Waals surface area contributed by atoms with Gasteiger partial charge in [-0.05, 0) is 19.1 Å². The molecule has 4 N–H and O–H groups in total. The zero-order valence-corrected chi connectivity index (χ0v) is 11.4. The minimum atomic E-state index is -0.195. The molecule has 1 amide bonds.